The number of benzene rings is 1. The van der Waals surface area contributed by atoms with Crippen LogP contribution >= 0.6 is 0 Å². The maximum Gasteiger partial charge on any atom is 0.453 e. The average molecular weight is 450 g/mol. The van der Waals surface area contributed by atoms with Crippen molar-refractivity contribution in [1.29, 1.82) is 0 Å². The number of ether oxygens (including phenoxy) is 1. The van der Waals surface area contributed by atoms with E-state index < -0.39 is 23.8 Å². The molecule has 0 spiro atoms. The lowest BCUT2D eigenvalue weighted by atomic mass is 10.1. The van der Waals surface area contributed by atoms with Gasteiger partial charge >= 0.3 is 6.18 Å². The molecule has 0 aliphatic rings. The van der Waals surface area contributed by atoms with Crippen LogP contribution in [0.5, 0.6) is 5.75 Å². The van der Waals surface area contributed by atoms with Crippen molar-refractivity contribution in [1.82, 2.24) is 24.9 Å². The molecule has 0 bridgehead atoms. The molecule has 3 rings (SSSR count). The standard InChI is InChI=1S/C20H21F3N6O3/c1-10-5-6-15(32-4)14(7-10)26-17(31)9-24-16(30)8-13-11(2)25-19-27-18(20(21,22)23)28-29(19)12(13)3/h5-7H,8-9H2,1-4H3,(H,24,30)(H,26,31). The van der Waals surface area contributed by atoms with E-state index in [2.05, 4.69) is 25.7 Å². The van der Waals surface area contributed by atoms with Crippen LogP contribution < -0.4 is 15.4 Å². The third-order valence-corrected chi connectivity index (χ3v) is 4.72. The van der Waals surface area contributed by atoms with E-state index in [1.807, 2.05) is 13.0 Å². The summed E-state index contributed by atoms with van der Waals surface area (Å²) >= 11 is 0. The number of aromatic nitrogens is 4. The molecule has 170 valence electrons. The molecule has 0 aliphatic heterocycles. The van der Waals surface area contributed by atoms with Crippen LogP contribution in [0.25, 0.3) is 5.78 Å². The molecule has 32 heavy (non-hydrogen) atoms. The van der Waals surface area contributed by atoms with Crippen LogP contribution in [0.1, 0.15) is 28.3 Å². The Bertz CT molecular complexity index is 1190. The maximum absolute atomic E-state index is 12.9. The van der Waals surface area contributed by atoms with Crippen LogP contribution in [-0.2, 0) is 22.2 Å². The lowest BCUT2D eigenvalue weighted by Gasteiger charge is -2.12. The summed E-state index contributed by atoms with van der Waals surface area (Å²) in [6, 6.07) is 5.28. The monoisotopic (exact) mass is 450 g/mol. The lowest BCUT2D eigenvalue weighted by Crippen LogP contribution is -2.34. The van der Waals surface area contributed by atoms with Gasteiger partial charge in [-0.15, -0.1) is 5.10 Å². The Hall–Kier alpha value is -3.70. The second-order valence-electron chi connectivity index (χ2n) is 7.11. The number of carbonyl (C=O) groups is 2. The zero-order chi connectivity index (χ0) is 23.6. The molecule has 2 amide bonds. The number of methoxy groups -OCH3 is 1. The second kappa shape index (κ2) is 8.81. The molecule has 0 aliphatic carbocycles. The fraction of sp³-hybridized carbons (Fsp3) is 0.350. The Kier molecular flexibility index (Phi) is 6.32. The molecule has 9 nitrogen and oxygen atoms in total. The molecule has 0 unspecified atom stereocenters. The van der Waals surface area contributed by atoms with E-state index in [1.165, 1.54) is 14.0 Å². The number of hydrogen-bond donors (Lipinski definition) is 2. The predicted molar refractivity (Wildman–Crippen MR) is 108 cm³/mol. The summed E-state index contributed by atoms with van der Waals surface area (Å²) in [6.07, 6.45) is -4.90. The van der Waals surface area contributed by atoms with Crippen LogP contribution in [0, 0.1) is 20.8 Å². The second-order valence-corrected chi connectivity index (χ2v) is 7.11. The van der Waals surface area contributed by atoms with Crippen molar-refractivity contribution in [3.8, 4) is 5.75 Å². The minimum atomic E-state index is -4.71. The number of fused-ring (bicyclic) bond motifs is 1. The number of halogens is 3. The quantitative estimate of drug-likeness (QED) is 0.597. The summed E-state index contributed by atoms with van der Waals surface area (Å²) in [5.41, 5.74) is 2.44. The van der Waals surface area contributed by atoms with Crippen LogP contribution in [-0.4, -0.2) is 45.1 Å². The van der Waals surface area contributed by atoms with Crippen molar-refractivity contribution in [2.75, 3.05) is 19.0 Å². The highest BCUT2D eigenvalue weighted by Crippen LogP contribution is 2.27. The zero-order valence-corrected chi connectivity index (χ0v) is 17.8. The van der Waals surface area contributed by atoms with Gasteiger partial charge in [-0.05, 0) is 38.5 Å². The molecule has 3 aromatic rings. The number of nitrogens with one attached hydrogen (secondary N) is 2. The number of hydrogen-bond acceptors (Lipinski definition) is 6. The Balaban J connectivity index is 1.68. The summed E-state index contributed by atoms with van der Waals surface area (Å²) in [5.74, 6) is -2.00. The minimum Gasteiger partial charge on any atom is -0.495 e. The van der Waals surface area contributed by atoms with Crippen LogP contribution in [0.3, 0.4) is 0 Å². The van der Waals surface area contributed by atoms with Crippen molar-refractivity contribution in [2.45, 2.75) is 33.4 Å². The summed E-state index contributed by atoms with van der Waals surface area (Å²) in [6.45, 7) is 4.65. The average Bonchev–Trinajstić information content (AvgIpc) is 3.14. The van der Waals surface area contributed by atoms with Crippen molar-refractivity contribution in [3.05, 3.63) is 46.5 Å². The molecule has 2 N–H and O–H groups in total. The number of aryl methyl sites for hydroxylation is 3. The fourth-order valence-corrected chi connectivity index (χ4v) is 3.10. The van der Waals surface area contributed by atoms with Gasteiger partial charge in [0.2, 0.25) is 11.8 Å². The molecular weight excluding hydrogens is 429 g/mol. The number of rotatable bonds is 6. The number of alkyl halides is 3. The highest BCUT2D eigenvalue weighted by Gasteiger charge is 2.37. The third-order valence-electron chi connectivity index (χ3n) is 4.72. The number of carbonyl (C=O) groups excluding carboxylic acids is 2. The maximum atomic E-state index is 12.9. The van der Waals surface area contributed by atoms with Gasteiger partial charge in [0.1, 0.15) is 5.75 Å². The van der Waals surface area contributed by atoms with Gasteiger partial charge in [-0.3, -0.25) is 9.59 Å². The van der Waals surface area contributed by atoms with E-state index in [4.69, 9.17) is 4.74 Å². The fourth-order valence-electron chi connectivity index (χ4n) is 3.10. The molecule has 0 radical (unpaired) electrons. The molecule has 2 aromatic heterocycles. The normalized spacial score (nSPS) is 11.5. The van der Waals surface area contributed by atoms with E-state index >= 15 is 0 Å². The minimum absolute atomic E-state index is 0.192. The van der Waals surface area contributed by atoms with Crippen molar-refractivity contribution >= 4 is 23.3 Å². The van der Waals surface area contributed by atoms with E-state index in [0.29, 0.717) is 28.4 Å². The largest absolute Gasteiger partial charge is 0.495 e. The van der Waals surface area contributed by atoms with Gasteiger partial charge in [-0.25, -0.2) is 9.50 Å². The van der Waals surface area contributed by atoms with Gasteiger partial charge in [0.25, 0.3) is 11.6 Å². The number of nitrogens with zero attached hydrogens (tertiary/aromatic N) is 4. The van der Waals surface area contributed by atoms with Gasteiger partial charge in [0.15, 0.2) is 0 Å². The highest BCUT2D eigenvalue weighted by molar-refractivity contribution is 5.96. The summed E-state index contributed by atoms with van der Waals surface area (Å²) in [5, 5.41) is 8.60. The molecule has 12 heteroatoms. The van der Waals surface area contributed by atoms with Crippen molar-refractivity contribution < 1.29 is 27.5 Å². The van der Waals surface area contributed by atoms with Crippen molar-refractivity contribution in [2.24, 2.45) is 0 Å². The molecule has 2 heterocycles. The van der Waals surface area contributed by atoms with Crippen LogP contribution in [0.15, 0.2) is 18.2 Å². The van der Waals surface area contributed by atoms with Gasteiger partial charge in [0, 0.05) is 17.0 Å². The summed E-state index contributed by atoms with van der Waals surface area (Å²) in [4.78, 5) is 32.0. The Morgan fingerprint density at radius 3 is 2.50 bits per heavy atom. The number of amides is 2. The molecule has 0 saturated heterocycles. The molecular formula is C20H21F3N6O3. The first-order chi connectivity index (χ1) is 15.0. The van der Waals surface area contributed by atoms with Gasteiger partial charge in [-0.1, -0.05) is 6.07 Å². The predicted octanol–water partition coefficient (Wildman–Crippen LogP) is 2.37. The van der Waals surface area contributed by atoms with Crippen LogP contribution in [0.4, 0.5) is 18.9 Å². The molecule has 0 atom stereocenters. The first-order valence-electron chi connectivity index (χ1n) is 9.51. The third kappa shape index (κ3) is 4.95. The summed E-state index contributed by atoms with van der Waals surface area (Å²) in [7, 11) is 1.48. The molecule has 0 fully saturated rings. The van der Waals surface area contributed by atoms with Crippen molar-refractivity contribution in [3.63, 3.8) is 0 Å². The smallest absolute Gasteiger partial charge is 0.453 e. The molecule has 0 saturated carbocycles. The van der Waals surface area contributed by atoms with Gasteiger partial charge in [-0.2, -0.15) is 18.2 Å². The topological polar surface area (TPSA) is 111 Å². The Morgan fingerprint density at radius 1 is 1.12 bits per heavy atom. The SMILES string of the molecule is COc1ccc(C)cc1NC(=O)CNC(=O)Cc1c(C)nc2nc(C(F)(F)F)nn2c1C. The summed E-state index contributed by atoms with van der Waals surface area (Å²) < 4.78 is 44.8. The highest BCUT2D eigenvalue weighted by atomic mass is 19.4. The van der Waals surface area contributed by atoms with Crippen LogP contribution in [0.2, 0.25) is 0 Å². The molecule has 1 aromatic carbocycles. The van der Waals surface area contributed by atoms with E-state index in [0.717, 1.165) is 10.1 Å². The van der Waals surface area contributed by atoms with E-state index in [1.54, 1.807) is 19.1 Å². The Labute approximate surface area is 181 Å². The first kappa shape index (κ1) is 23.0. The van der Waals surface area contributed by atoms with E-state index in [-0.39, 0.29) is 18.7 Å². The van der Waals surface area contributed by atoms with E-state index in [9.17, 15) is 22.8 Å². The lowest BCUT2D eigenvalue weighted by molar-refractivity contribution is -0.144. The zero-order valence-electron chi connectivity index (χ0n) is 17.8. The Morgan fingerprint density at radius 2 is 1.84 bits per heavy atom. The number of anilines is 1. The van der Waals surface area contributed by atoms with Gasteiger partial charge < -0.3 is 15.4 Å². The van der Waals surface area contributed by atoms with Gasteiger partial charge in [0.05, 0.1) is 25.8 Å². The first-order valence-corrected chi connectivity index (χ1v) is 9.51.